The van der Waals surface area contributed by atoms with E-state index in [2.05, 4.69) is 30.2 Å². The number of nitrogens with two attached hydrogens (primary N) is 1. The van der Waals surface area contributed by atoms with Crippen LogP contribution in [0.4, 0.5) is 5.82 Å². The molecule has 3 heterocycles. The number of nitrogen functional groups attached to an aromatic ring is 1. The van der Waals surface area contributed by atoms with Crippen molar-refractivity contribution in [1.29, 1.82) is 0 Å². The number of nitrogens with one attached hydrogen (secondary N) is 2. The van der Waals surface area contributed by atoms with Gasteiger partial charge in [-0.15, -0.1) is 0 Å². The van der Waals surface area contributed by atoms with Crippen molar-refractivity contribution in [3.63, 3.8) is 0 Å². The second-order valence-corrected chi connectivity index (χ2v) is 8.88. The maximum atomic E-state index is 12.6. The van der Waals surface area contributed by atoms with Crippen molar-refractivity contribution in [2.24, 2.45) is 0 Å². The van der Waals surface area contributed by atoms with Gasteiger partial charge in [-0.2, -0.15) is 0 Å². The van der Waals surface area contributed by atoms with E-state index in [0.717, 1.165) is 36.1 Å². The summed E-state index contributed by atoms with van der Waals surface area (Å²) < 4.78 is 1.84. The molecule has 1 aliphatic rings. The normalized spacial score (nSPS) is 21.0. The van der Waals surface area contributed by atoms with Gasteiger partial charge < -0.3 is 25.7 Å². The van der Waals surface area contributed by atoms with E-state index in [0.29, 0.717) is 41.3 Å². The number of aromatic amines is 1. The minimum atomic E-state index is -0.753. The molecule has 1 saturated carbocycles. The van der Waals surface area contributed by atoms with Gasteiger partial charge in [0, 0.05) is 17.9 Å². The number of halogens is 1. The van der Waals surface area contributed by atoms with Crippen LogP contribution in [0.5, 0.6) is 0 Å². The van der Waals surface area contributed by atoms with Gasteiger partial charge in [0.2, 0.25) is 5.91 Å². The van der Waals surface area contributed by atoms with Crippen LogP contribution < -0.4 is 11.1 Å². The Labute approximate surface area is 194 Å². The third kappa shape index (κ3) is 4.36. The van der Waals surface area contributed by atoms with Crippen LogP contribution in [0.2, 0.25) is 5.02 Å². The van der Waals surface area contributed by atoms with Gasteiger partial charge in [0.25, 0.3) is 0 Å². The Hall–Kier alpha value is -3.24. The number of amides is 1. The molecule has 1 fully saturated rings. The summed E-state index contributed by atoms with van der Waals surface area (Å²) in [4.78, 5) is 32.9. The van der Waals surface area contributed by atoms with E-state index in [4.69, 9.17) is 17.3 Å². The second kappa shape index (κ2) is 8.95. The van der Waals surface area contributed by atoms with Gasteiger partial charge >= 0.3 is 0 Å². The van der Waals surface area contributed by atoms with Crippen LogP contribution in [0, 0.1) is 0 Å². The summed E-state index contributed by atoms with van der Waals surface area (Å²) in [5.74, 6) is 1.05. The monoisotopic (exact) mass is 468 g/mol. The minimum absolute atomic E-state index is 0.0825. The van der Waals surface area contributed by atoms with Gasteiger partial charge in [-0.05, 0) is 43.9 Å². The molecule has 5 rings (SSSR count). The van der Waals surface area contributed by atoms with Gasteiger partial charge in [-0.3, -0.25) is 4.79 Å². The number of carbonyl (C=O) groups is 1. The maximum Gasteiger partial charge on any atom is 0.220 e. The SMILES string of the molecule is Nc1ncnc2c1ncn2[C@H]1CCC[C@H](NC(=O)CCCc2nc3ccc(Cl)cc3[nH]2)[C@@H]1O. The molecule has 0 spiro atoms. The molecule has 1 aliphatic carbocycles. The number of aromatic nitrogens is 6. The van der Waals surface area contributed by atoms with Gasteiger partial charge in [-0.1, -0.05) is 11.6 Å². The Morgan fingerprint density at radius 3 is 3.06 bits per heavy atom. The van der Waals surface area contributed by atoms with Crippen molar-refractivity contribution < 1.29 is 9.90 Å². The van der Waals surface area contributed by atoms with Crippen LogP contribution >= 0.6 is 11.6 Å². The van der Waals surface area contributed by atoms with E-state index < -0.39 is 6.10 Å². The average Bonchev–Trinajstić information content (AvgIpc) is 3.39. The summed E-state index contributed by atoms with van der Waals surface area (Å²) in [6.45, 7) is 0. The summed E-state index contributed by atoms with van der Waals surface area (Å²) >= 11 is 6.02. The highest BCUT2D eigenvalue weighted by atomic mass is 35.5. The number of H-pyrrole nitrogens is 1. The van der Waals surface area contributed by atoms with E-state index in [9.17, 15) is 9.90 Å². The van der Waals surface area contributed by atoms with E-state index in [1.807, 2.05) is 16.7 Å². The van der Waals surface area contributed by atoms with E-state index in [1.165, 1.54) is 6.33 Å². The first-order valence-corrected chi connectivity index (χ1v) is 11.4. The Balaban J connectivity index is 1.18. The molecule has 0 bridgehead atoms. The minimum Gasteiger partial charge on any atom is -0.389 e. The number of carbonyl (C=O) groups excluding carboxylic acids is 1. The lowest BCUT2D eigenvalue weighted by Crippen LogP contribution is -2.49. The molecule has 1 amide bonds. The Morgan fingerprint density at radius 1 is 1.30 bits per heavy atom. The molecule has 4 aromatic rings. The largest absolute Gasteiger partial charge is 0.389 e. The zero-order valence-corrected chi connectivity index (χ0v) is 18.7. The number of fused-ring (bicyclic) bond motifs is 2. The molecule has 172 valence electrons. The molecule has 0 saturated heterocycles. The number of imidazole rings is 2. The fraction of sp³-hybridized carbons (Fsp3) is 0.409. The Bertz CT molecular complexity index is 1300. The third-order valence-electron chi connectivity index (χ3n) is 6.22. The smallest absolute Gasteiger partial charge is 0.220 e. The van der Waals surface area contributed by atoms with Crippen molar-refractivity contribution in [1.82, 2.24) is 34.8 Å². The maximum absolute atomic E-state index is 12.6. The first-order chi connectivity index (χ1) is 16.0. The highest BCUT2D eigenvalue weighted by Crippen LogP contribution is 2.31. The van der Waals surface area contributed by atoms with Crippen LogP contribution in [-0.2, 0) is 11.2 Å². The second-order valence-electron chi connectivity index (χ2n) is 8.44. The molecule has 1 aromatic carbocycles. The summed E-state index contributed by atoms with van der Waals surface area (Å²) in [6.07, 6.45) is 6.27. The van der Waals surface area contributed by atoms with Gasteiger partial charge in [-0.25, -0.2) is 19.9 Å². The quantitative estimate of drug-likeness (QED) is 0.340. The molecule has 0 aliphatic heterocycles. The van der Waals surface area contributed by atoms with Crippen molar-refractivity contribution in [3.8, 4) is 0 Å². The zero-order valence-electron chi connectivity index (χ0n) is 17.9. The standard InChI is InChI=1S/C22H25ClN8O2/c23-12-7-8-13-15(9-12)29-17(28-13)5-2-6-18(32)30-14-3-1-4-16(20(14)33)31-11-27-19-21(24)25-10-26-22(19)31/h7-11,14,16,20,33H,1-6H2,(H,28,29)(H,30,32)(H2,24,25,26)/t14-,16-,20-/m0/s1. The number of hydrogen-bond donors (Lipinski definition) is 4. The number of benzene rings is 1. The van der Waals surface area contributed by atoms with E-state index >= 15 is 0 Å². The number of anilines is 1. The zero-order chi connectivity index (χ0) is 22.9. The van der Waals surface area contributed by atoms with Crippen molar-refractivity contribution in [3.05, 3.63) is 41.7 Å². The third-order valence-corrected chi connectivity index (χ3v) is 6.46. The number of rotatable bonds is 6. The molecule has 10 nitrogen and oxygen atoms in total. The molecular weight excluding hydrogens is 444 g/mol. The highest BCUT2D eigenvalue weighted by molar-refractivity contribution is 6.31. The molecule has 0 unspecified atom stereocenters. The van der Waals surface area contributed by atoms with Crippen LogP contribution in [0.15, 0.2) is 30.9 Å². The topological polar surface area (TPSA) is 148 Å². The fourth-order valence-corrected chi connectivity index (χ4v) is 4.75. The number of hydrogen-bond acceptors (Lipinski definition) is 7. The van der Waals surface area contributed by atoms with Gasteiger partial charge in [0.15, 0.2) is 11.5 Å². The molecule has 33 heavy (non-hydrogen) atoms. The lowest BCUT2D eigenvalue weighted by molar-refractivity contribution is -0.123. The number of nitrogens with zero attached hydrogens (tertiary/aromatic N) is 5. The summed E-state index contributed by atoms with van der Waals surface area (Å²) in [6, 6.07) is 4.94. The number of aryl methyl sites for hydroxylation is 1. The molecule has 3 aromatic heterocycles. The fourth-order valence-electron chi connectivity index (χ4n) is 4.58. The number of aliphatic hydroxyl groups excluding tert-OH is 1. The summed E-state index contributed by atoms with van der Waals surface area (Å²) in [5.41, 5.74) is 8.73. The molecule has 5 N–H and O–H groups in total. The lowest BCUT2D eigenvalue weighted by atomic mass is 9.87. The van der Waals surface area contributed by atoms with Crippen molar-refractivity contribution in [2.45, 2.75) is 56.7 Å². The first-order valence-electron chi connectivity index (χ1n) is 11.0. The van der Waals surface area contributed by atoms with Crippen LogP contribution in [0.25, 0.3) is 22.2 Å². The molecular formula is C22H25ClN8O2. The van der Waals surface area contributed by atoms with Crippen LogP contribution in [0.3, 0.4) is 0 Å². The first kappa shape index (κ1) is 21.6. The highest BCUT2D eigenvalue weighted by Gasteiger charge is 2.34. The summed E-state index contributed by atoms with van der Waals surface area (Å²) in [5, 5.41) is 14.7. The Kier molecular flexibility index (Phi) is 5.86. The van der Waals surface area contributed by atoms with E-state index in [1.54, 1.807) is 12.4 Å². The molecule has 3 atom stereocenters. The van der Waals surface area contributed by atoms with Gasteiger partial charge in [0.05, 0.1) is 35.5 Å². The molecule has 0 radical (unpaired) electrons. The van der Waals surface area contributed by atoms with Crippen molar-refractivity contribution >= 4 is 45.5 Å². The average molecular weight is 469 g/mol. The van der Waals surface area contributed by atoms with Crippen LogP contribution in [-0.4, -0.2) is 52.6 Å². The summed E-state index contributed by atoms with van der Waals surface area (Å²) in [7, 11) is 0. The van der Waals surface area contributed by atoms with E-state index in [-0.39, 0.29) is 18.0 Å². The molecule has 11 heteroatoms. The van der Waals surface area contributed by atoms with Crippen LogP contribution in [0.1, 0.15) is 44.0 Å². The van der Waals surface area contributed by atoms with Gasteiger partial charge in [0.1, 0.15) is 17.7 Å². The lowest BCUT2D eigenvalue weighted by Gasteiger charge is -2.36. The number of aliphatic hydroxyl groups is 1. The predicted octanol–water partition coefficient (Wildman–Crippen LogP) is 2.53. The Morgan fingerprint density at radius 2 is 2.18 bits per heavy atom. The van der Waals surface area contributed by atoms with Crippen molar-refractivity contribution in [2.75, 3.05) is 5.73 Å². The predicted molar refractivity (Wildman–Crippen MR) is 125 cm³/mol.